The number of para-hydroxylation sites is 1. The van der Waals surface area contributed by atoms with Gasteiger partial charge in [0.2, 0.25) is 5.91 Å². The van der Waals surface area contributed by atoms with Crippen LogP contribution in [0.5, 0.6) is 5.75 Å². The van der Waals surface area contributed by atoms with Crippen LogP contribution in [-0.4, -0.2) is 12.5 Å². The second-order valence-electron chi connectivity index (χ2n) is 4.40. The van der Waals surface area contributed by atoms with Crippen molar-refractivity contribution in [3.05, 3.63) is 30.0 Å². The van der Waals surface area contributed by atoms with Gasteiger partial charge in [0.15, 0.2) is 11.3 Å². The minimum atomic E-state index is -0.144. The lowest BCUT2D eigenvalue weighted by Crippen LogP contribution is -2.25. The molecule has 1 amide bonds. The lowest BCUT2D eigenvalue weighted by molar-refractivity contribution is -0.121. The number of hydrogen-bond donors (Lipinski definition) is 1. The Morgan fingerprint density at radius 1 is 1.42 bits per heavy atom. The van der Waals surface area contributed by atoms with Crippen molar-refractivity contribution in [2.24, 2.45) is 0 Å². The van der Waals surface area contributed by atoms with Gasteiger partial charge in [0, 0.05) is 11.8 Å². The van der Waals surface area contributed by atoms with Gasteiger partial charge in [0.05, 0.1) is 12.6 Å². The van der Waals surface area contributed by atoms with Crippen molar-refractivity contribution in [1.29, 1.82) is 0 Å². The van der Waals surface area contributed by atoms with Crippen molar-refractivity contribution < 1.29 is 13.9 Å². The van der Waals surface area contributed by atoms with E-state index in [4.69, 9.17) is 9.15 Å². The molecule has 1 heterocycles. The minimum Gasteiger partial charge on any atom is -0.490 e. The van der Waals surface area contributed by atoms with Crippen molar-refractivity contribution in [2.75, 3.05) is 6.61 Å². The number of hydrogen-bond acceptors (Lipinski definition) is 3. The molecule has 102 valence electrons. The summed E-state index contributed by atoms with van der Waals surface area (Å²) in [7, 11) is 0. The third-order valence-electron chi connectivity index (χ3n) is 2.95. The van der Waals surface area contributed by atoms with Crippen molar-refractivity contribution in [3.63, 3.8) is 0 Å². The van der Waals surface area contributed by atoms with Gasteiger partial charge in [0.1, 0.15) is 5.76 Å². The molecular formula is C15H19NO3. The van der Waals surface area contributed by atoms with Crippen LogP contribution in [0, 0.1) is 0 Å². The van der Waals surface area contributed by atoms with Crippen LogP contribution >= 0.6 is 0 Å². The molecule has 1 aromatic heterocycles. The maximum absolute atomic E-state index is 11.4. The zero-order valence-corrected chi connectivity index (χ0v) is 11.5. The topological polar surface area (TPSA) is 51.5 Å². The summed E-state index contributed by atoms with van der Waals surface area (Å²) in [4.78, 5) is 11.4. The molecule has 1 unspecified atom stereocenters. The van der Waals surface area contributed by atoms with Crippen LogP contribution in [-0.2, 0) is 4.79 Å². The molecule has 0 aliphatic heterocycles. The van der Waals surface area contributed by atoms with Gasteiger partial charge in [-0.15, -0.1) is 0 Å². The fourth-order valence-electron chi connectivity index (χ4n) is 1.95. The van der Waals surface area contributed by atoms with Crippen LogP contribution in [0.1, 0.15) is 39.0 Å². The summed E-state index contributed by atoms with van der Waals surface area (Å²) in [5, 5.41) is 3.87. The first-order valence-corrected chi connectivity index (χ1v) is 6.60. The quantitative estimate of drug-likeness (QED) is 0.897. The highest BCUT2D eigenvalue weighted by Gasteiger charge is 2.15. The van der Waals surface area contributed by atoms with Crippen LogP contribution < -0.4 is 10.1 Å². The largest absolute Gasteiger partial charge is 0.490 e. The summed E-state index contributed by atoms with van der Waals surface area (Å²) in [6, 6.07) is 7.59. The minimum absolute atomic E-state index is 0.0120. The third-order valence-corrected chi connectivity index (χ3v) is 2.95. The van der Waals surface area contributed by atoms with E-state index in [0.717, 1.165) is 22.5 Å². The van der Waals surface area contributed by atoms with Crippen molar-refractivity contribution >= 4 is 16.9 Å². The van der Waals surface area contributed by atoms with E-state index in [2.05, 4.69) is 5.32 Å². The second-order valence-corrected chi connectivity index (χ2v) is 4.40. The molecule has 19 heavy (non-hydrogen) atoms. The van der Waals surface area contributed by atoms with Gasteiger partial charge >= 0.3 is 0 Å². The zero-order valence-electron chi connectivity index (χ0n) is 11.5. The molecule has 0 saturated carbocycles. The van der Waals surface area contributed by atoms with Crippen LogP contribution in [0.25, 0.3) is 11.0 Å². The summed E-state index contributed by atoms with van der Waals surface area (Å²) < 4.78 is 11.4. The maximum Gasteiger partial charge on any atom is 0.220 e. The molecule has 0 radical (unpaired) electrons. The lowest BCUT2D eigenvalue weighted by Gasteiger charge is -2.09. The number of rotatable bonds is 5. The molecule has 4 nitrogen and oxygen atoms in total. The first-order chi connectivity index (χ1) is 9.15. The normalized spacial score (nSPS) is 12.4. The van der Waals surface area contributed by atoms with E-state index < -0.39 is 0 Å². The number of nitrogens with one attached hydrogen (secondary N) is 1. The van der Waals surface area contributed by atoms with Crippen molar-refractivity contribution in [1.82, 2.24) is 5.32 Å². The first kappa shape index (κ1) is 13.5. The van der Waals surface area contributed by atoms with Gasteiger partial charge in [-0.1, -0.05) is 19.1 Å². The molecular weight excluding hydrogens is 242 g/mol. The summed E-state index contributed by atoms with van der Waals surface area (Å²) in [6.07, 6.45) is 0.467. The van der Waals surface area contributed by atoms with Crippen molar-refractivity contribution in [3.8, 4) is 5.75 Å². The lowest BCUT2D eigenvalue weighted by atomic mass is 10.2. The molecule has 1 atom stereocenters. The molecule has 1 N–H and O–H groups in total. The molecule has 0 spiro atoms. The van der Waals surface area contributed by atoms with Crippen LogP contribution in [0.4, 0.5) is 0 Å². The van der Waals surface area contributed by atoms with Crippen LogP contribution in [0.15, 0.2) is 28.7 Å². The monoisotopic (exact) mass is 261 g/mol. The Labute approximate surface area is 112 Å². The molecule has 0 saturated heterocycles. The number of furan rings is 1. The van der Waals surface area contributed by atoms with Crippen molar-refractivity contribution in [2.45, 2.75) is 33.2 Å². The van der Waals surface area contributed by atoms with Gasteiger partial charge in [-0.2, -0.15) is 0 Å². The average Bonchev–Trinajstić information content (AvgIpc) is 2.84. The van der Waals surface area contributed by atoms with Gasteiger partial charge in [0.25, 0.3) is 0 Å². The Balaban J connectivity index is 2.30. The standard InChI is InChI=1S/C15H19NO3/c1-4-14(17)16-10(3)13-9-11-7-6-8-12(18-5-2)15(11)19-13/h6-10H,4-5H2,1-3H3,(H,16,17). The average molecular weight is 261 g/mol. The second kappa shape index (κ2) is 5.78. The van der Waals surface area contributed by atoms with E-state index >= 15 is 0 Å². The predicted molar refractivity (Wildman–Crippen MR) is 74.2 cm³/mol. The number of benzene rings is 1. The van der Waals surface area contributed by atoms with E-state index in [9.17, 15) is 4.79 Å². The summed E-state index contributed by atoms with van der Waals surface area (Å²) in [5.41, 5.74) is 0.733. The fourth-order valence-corrected chi connectivity index (χ4v) is 1.95. The first-order valence-electron chi connectivity index (χ1n) is 6.60. The Kier molecular flexibility index (Phi) is 4.10. The highest BCUT2D eigenvalue weighted by Crippen LogP contribution is 2.31. The van der Waals surface area contributed by atoms with E-state index in [-0.39, 0.29) is 11.9 Å². The Hall–Kier alpha value is -1.97. The van der Waals surface area contributed by atoms with Gasteiger partial charge < -0.3 is 14.5 Å². The molecule has 2 rings (SSSR count). The van der Waals surface area contributed by atoms with E-state index in [1.165, 1.54) is 0 Å². The predicted octanol–water partition coefficient (Wildman–Crippen LogP) is 3.42. The van der Waals surface area contributed by atoms with Gasteiger partial charge in [-0.25, -0.2) is 0 Å². The SMILES string of the molecule is CCOc1cccc2cc(C(C)NC(=O)CC)oc12. The summed E-state index contributed by atoms with van der Waals surface area (Å²) in [5.74, 6) is 1.49. The van der Waals surface area contributed by atoms with E-state index in [1.54, 1.807) is 0 Å². The molecule has 0 aliphatic rings. The molecule has 1 aromatic carbocycles. The fraction of sp³-hybridized carbons (Fsp3) is 0.400. The van der Waals surface area contributed by atoms with E-state index in [0.29, 0.717) is 13.0 Å². The Bertz CT molecular complexity index is 574. The summed E-state index contributed by atoms with van der Waals surface area (Å²) in [6.45, 7) is 6.27. The molecule has 2 aromatic rings. The Morgan fingerprint density at radius 3 is 2.89 bits per heavy atom. The van der Waals surface area contributed by atoms with Crippen LogP contribution in [0.2, 0.25) is 0 Å². The number of ether oxygens (including phenoxy) is 1. The van der Waals surface area contributed by atoms with Gasteiger partial charge in [-0.3, -0.25) is 4.79 Å². The smallest absolute Gasteiger partial charge is 0.220 e. The maximum atomic E-state index is 11.4. The molecule has 4 heteroatoms. The van der Waals surface area contributed by atoms with Crippen LogP contribution in [0.3, 0.4) is 0 Å². The summed E-state index contributed by atoms with van der Waals surface area (Å²) >= 11 is 0. The molecule has 0 aliphatic carbocycles. The molecule has 0 fully saturated rings. The molecule has 0 bridgehead atoms. The number of fused-ring (bicyclic) bond motifs is 1. The highest BCUT2D eigenvalue weighted by molar-refractivity contribution is 5.84. The van der Waals surface area contributed by atoms with E-state index in [1.807, 2.05) is 45.0 Å². The third kappa shape index (κ3) is 2.89. The highest BCUT2D eigenvalue weighted by atomic mass is 16.5. The Morgan fingerprint density at radius 2 is 2.21 bits per heavy atom. The zero-order chi connectivity index (χ0) is 13.8. The number of carbonyl (C=O) groups excluding carboxylic acids is 1. The number of carbonyl (C=O) groups is 1. The number of amides is 1. The van der Waals surface area contributed by atoms with Gasteiger partial charge in [-0.05, 0) is 26.0 Å².